The average Bonchev–Trinajstić information content (AvgIpc) is 3.17. The first-order valence-electron chi connectivity index (χ1n) is 8.55. The Morgan fingerprint density at radius 1 is 1.19 bits per heavy atom. The van der Waals surface area contributed by atoms with Crippen molar-refractivity contribution in [2.75, 3.05) is 6.54 Å². The summed E-state index contributed by atoms with van der Waals surface area (Å²) in [6.07, 6.45) is 0.799. The van der Waals surface area contributed by atoms with Crippen LogP contribution in [0.4, 0.5) is 4.39 Å². The van der Waals surface area contributed by atoms with Gasteiger partial charge in [0.25, 0.3) is 5.91 Å². The van der Waals surface area contributed by atoms with Gasteiger partial charge in [0.2, 0.25) is 0 Å². The number of amides is 1. The fourth-order valence-corrected chi connectivity index (χ4v) is 3.54. The Labute approximate surface area is 150 Å². The van der Waals surface area contributed by atoms with Crippen LogP contribution in [0.1, 0.15) is 41.0 Å². The maximum absolute atomic E-state index is 13.4. The first-order valence-corrected chi connectivity index (χ1v) is 8.55. The van der Waals surface area contributed by atoms with Crippen LogP contribution in [0.25, 0.3) is 11.3 Å². The number of nitrogens with one attached hydrogen (secondary N) is 1. The molecule has 3 aromatic rings. The Hall–Kier alpha value is -3.15. The minimum Gasteiger partial charge on any atom is -0.507 e. The number of hydrogen-bond donors (Lipinski definition) is 2. The highest BCUT2D eigenvalue weighted by Crippen LogP contribution is 2.44. The number of H-pyrrole nitrogens is 1. The van der Waals surface area contributed by atoms with Gasteiger partial charge in [0.05, 0.1) is 6.04 Å². The number of aromatic amines is 1. The number of phenolic OH excluding ortho intramolecular Hbond substituents is 1. The standard InChI is InChI=1S/C20H18FN3O2/c1-2-11-24-19(12-7-9-13(21)10-8-12)16-17(22-23-18(16)20(24)26)14-5-3-4-6-15(14)25/h3-10,19,25H,2,11H2,1H3,(H,22,23)/t19-/m0/s1. The molecular weight excluding hydrogens is 333 g/mol. The van der Waals surface area contributed by atoms with E-state index in [2.05, 4.69) is 10.2 Å². The van der Waals surface area contributed by atoms with E-state index in [9.17, 15) is 14.3 Å². The van der Waals surface area contributed by atoms with Crippen molar-refractivity contribution in [1.82, 2.24) is 15.1 Å². The monoisotopic (exact) mass is 351 g/mol. The first kappa shape index (κ1) is 16.3. The molecular formula is C20H18FN3O2. The van der Waals surface area contributed by atoms with Gasteiger partial charge < -0.3 is 10.0 Å². The summed E-state index contributed by atoms with van der Waals surface area (Å²) < 4.78 is 13.4. The van der Waals surface area contributed by atoms with Crippen molar-refractivity contribution in [1.29, 1.82) is 0 Å². The third-order valence-electron chi connectivity index (χ3n) is 4.67. The van der Waals surface area contributed by atoms with E-state index in [0.29, 0.717) is 23.5 Å². The van der Waals surface area contributed by atoms with E-state index < -0.39 is 0 Å². The number of para-hydroxylation sites is 1. The minimum atomic E-state index is -0.369. The first-order chi connectivity index (χ1) is 12.6. The molecule has 2 aromatic carbocycles. The van der Waals surface area contributed by atoms with Crippen molar-refractivity contribution in [3.8, 4) is 17.0 Å². The molecule has 5 nitrogen and oxygen atoms in total. The van der Waals surface area contributed by atoms with Gasteiger partial charge in [-0.05, 0) is 36.2 Å². The van der Waals surface area contributed by atoms with Crippen LogP contribution in [0.3, 0.4) is 0 Å². The highest BCUT2D eigenvalue weighted by Gasteiger charge is 2.41. The third kappa shape index (κ3) is 2.45. The van der Waals surface area contributed by atoms with Gasteiger partial charge in [0, 0.05) is 17.7 Å². The molecule has 0 fully saturated rings. The average molecular weight is 351 g/mol. The van der Waals surface area contributed by atoms with Crippen molar-refractivity contribution >= 4 is 5.91 Å². The van der Waals surface area contributed by atoms with Crippen molar-refractivity contribution in [3.63, 3.8) is 0 Å². The van der Waals surface area contributed by atoms with Gasteiger partial charge in [0.1, 0.15) is 23.0 Å². The Kier molecular flexibility index (Phi) is 3.95. The van der Waals surface area contributed by atoms with Crippen molar-refractivity contribution in [2.45, 2.75) is 19.4 Å². The second-order valence-corrected chi connectivity index (χ2v) is 6.33. The van der Waals surface area contributed by atoms with E-state index in [1.54, 1.807) is 35.2 Å². The number of phenols is 1. The lowest BCUT2D eigenvalue weighted by Crippen LogP contribution is -2.30. The molecule has 2 N–H and O–H groups in total. The van der Waals surface area contributed by atoms with E-state index in [0.717, 1.165) is 17.5 Å². The predicted octanol–water partition coefficient (Wildman–Crippen LogP) is 3.88. The normalized spacial score (nSPS) is 16.2. The number of nitrogens with zero attached hydrogens (tertiary/aromatic N) is 2. The molecule has 1 amide bonds. The predicted molar refractivity (Wildman–Crippen MR) is 95.3 cm³/mol. The fraction of sp³-hybridized carbons (Fsp3) is 0.200. The lowest BCUT2D eigenvalue weighted by molar-refractivity contribution is 0.0744. The Morgan fingerprint density at radius 2 is 1.92 bits per heavy atom. The Morgan fingerprint density at radius 3 is 2.62 bits per heavy atom. The quantitative estimate of drug-likeness (QED) is 0.749. The summed E-state index contributed by atoms with van der Waals surface area (Å²) in [5, 5.41) is 17.4. The van der Waals surface area contributed by atoms with Crippen LogP contribution in [0, 0.1) is 5.82 Å². The van der Waals surface area contributed by atoms with Crippen LogP contribution in [-0.2, 0) is 0 Å². The highest BCUT2D eigenvalue weighted by molar-refractivity contribution is 6.00. The summed E-state index contributed by atoms with van der Waals surface area (Å²) in [5.74, 6) is -0.361. The van der Waals surface area contributed by atoms with Crippen LogP contribution in [0.2, 0.25) is 0 Å². The Bertz CT molecular complexity index is 965. The SMILES string of the molecule is CCCN1C(=O)c2[nH]nc(-c3ccccc3O)c2[C@@H]1c1ccc(F)cc1. The van der Waals surface area contributed by atoms with Crippen molar-refractivity contribution in [2.24, 2.45) is 0 Å². The molecule has 0 saturated heterocycles. The smallest absolute Gasteiger partial charge is 0.273 e. The maximum atomic E-state index is 13.4. The summed E-state index contributed by atoms with van der Waals surface area (Å²) in [5.41, 5.74) is 3.05. The topological polar surface area (TPSA) is 69.2 Å². The Balaban J connectivity index is 1.91. The number of benzene rings is 2. The van der Waals surface area contributed by atoms with Crippen LogP contribution >= 0.6 is 0 Å². The number of aromatic hydroxyl groups is 1. The third-order valence-corrected chi connectivity index (χ3v) is 4.67. The molecule has 0 bridgehead atoms. The fourth-order valence-electron chi connectivity index (χ4n) is 3.54. The molecule has 0 aliphatic carbocycles. The summed E-state index contributed by atoms with van der Waals surface area (Å²) in [4.78, 5) is 14.6. The van der Waals surface area contributed by atoms with Gasteiger partial charge in [-0.15, -0.1) is 0 Å². The number of fused-ring (bicyclic) bond motifs is 1. The van der Waals surface area contributed by atoms with Crippen LogP contribution in [0.5, 0.6) is 5.75 Å². The molecule has 1 aliphatic heterocycles. The lowest BCUT2D eigenvalue weighted by Gasteiger charge is -2.26. The van der Waals surface area contributed by atoms with Gasteiger partial charge in [-0.25, -0.2) is 4.39 Å². The number of hydrogen-bond acceptors (Lipinski definition) is 3. The molecule has 0 unspecified atom stereocenters. The number of carbonyl (C=O) groups excluding carboxylic acids is 1. The second-order valence-electron chi connectivity index (χ2n) is 6.33. The molecule has 2 heterocycles. The van der Waals surface area contributed by atoms with Crippen molar-refractivity contribution in [3.05, 3.63) is 71.2 Å². The number of halogens is 1. The summed E-state index contributed by atoms with van der Waals surface area (Å²) in [6, 6.07) is 12.7. The van der Waals surface area contributed by atoms with E-state index in [1.807, 2.05) is 13.0 Å². The molecule has 0 saturated carbocycles. The number of aromatic nitrogens is 2. The molecule has 4 rings (SSSR count). The summed E-state index contributed by atoms with van der Waals surface area (Å²) in [7, 11) is 0. The molecule has 1 aromatic heterocycles. The molecule has 0 spiro atoms. The van der Waals surface area contributed by atoms with Gasteiger partial charge >= 0.3 is 0 Å². The molecule has 132 valence electrons. The van der Waals surface area contributed by atoms with E-state index in [4.69, 9.17) is 0 Å². The maximum Gasteiger partial charge on any atom is 0.273 e. The van der Waals surface area contributed by atoms with E-state index in [-0.39, 0.29) is 23.5 Å². The minimum absolute atomic E-state index is 0.0982. The molecule has 1 aliphatic rings. The highest BCUT2D eigenvalue weighted by atomic mass is 19.1. The van der Waals surface area contributed by atoms with Crippen LogP contribution in [0.15, 0.2) is 48.5 Å². The van der Waals surface area contributed by atoms with E-state index >= 15 is 0 Å². The van der Waals surface area contributed by atoms with Gasteiger partial charge in [-0.1, -0.05) is 31.2 Å². The van der Waals surface area contributed by atoms with Crippen LogP contribution in [-0.4, -0.2) is 32.7 Å². The largest absolute Gasteiger partial charge is 0.507 e. The summed E-state index contributed by atoms with van der Waals surface area (Å²) in [6.45, 7) is 2.58. The van der Waals surface area contributed by atoms with Crippen molar-refractivity contribution < 1.29 is 14.3 Å². The summed E-state index contributed by atoms with van der Waals surface area (Å²) >= 11 is 0. The van der Waals surface area contributed by atoms with Gasteiger partial charge in [-0.3, -0.25) is 9.89 Å². The van der Waals surface area contributed by atoms with E-state index in [1.165, 1.54) is 12.1 Å². The van der Waals surface area contributed by atoms with Gasteiger partial charge in [-0.2, -0.15) is 5.10 Å². The zero-order valence-electron chi connectivity index (χ0n) is 14.2. The zero-order valence-corrected chi connectivity index (χ0v) is 14.2. The number of rotatable bonds is 4. The molecule has 6 heteroatoms. The van der Waals surface area contributed by atoms with Crippen LogP contribution < -0.4 is 0 Å². The lowest BCUT2D eigenvalue weighted by atomic mass is 9.95. The second kappa shape index (κ2) is 6.29. The van der Waals surface area contributed by atoms with Gasteiger partial charge in [0.15, 0.2) is 0 Å². The molecule has 0 radical (unpaired) electrons. The zero-order chi connectivity index (χ0) is 18.3. The molecule has 26 heavy (non-hydrogen) atoms. The molecule has 1 atom stereocenters. The number of carbonyl (C=O) groups is 1.